The number of alkyl halides is 3. The van der Waals surface area contributed by atoms with Gasteiger partial charge in [0.05, 0.1) is 22.1 Å². The largest absolute Gasteiger partial charge is 0.545 e. The zero-order valence-corrected chi connectivity index (χ0v) is 18.0. The first-order chi connectivity index (χ1) is 14.2. The third-order valence-electron chi connectivity index (χ3n) is 5.25. The second kappa shape index (κ2) is 8.51. The van der Waals surface area contributed by atoms with Crippen LogP contribution in [0, 0.1) is 0 Å². The van der Waals surface area contributed by atoms with Gasteiger partial charge in [0.25, 0.3) is 5.56 Å². The van der Waals surface area contributed by atoms with Crippen molar-refractivity contribution in [2.75, 3.05) is 0 Å². The van der Waals surface area contributed by atoms with Crippen LogP contribution in [0.3, 0.4) is 0 Å². The van der Waals surface area contributed by atoms with Crippen LogP contribution in [0.5, 0.6) is 0 Å². The number of aromatic carboxylic acids is 1. The van der Waals surface area contributed by atoms with Gasteiger partial charge in [0.15, 0.2) is 0 Å². The molecule has 0 saturated heterocycles. The monoisotopic (exact) mass is 479 g/mol. The van der Waals surface area contributed by atoms with Gasteiger partial charge < -0.3 is 9.90 Å². The molecule has 1 aromatic heterocycles. The number of benzene rings is 1. The van der Waals surface area contributed by atoms with E-state index in [0.29, 0.717) is 4.57 Å². The van der Waals surface area contributed by atoms with Gasteiger partial charge in [-0.1, -0.05) is 25.4 Å². The quantitative estimate of drug-likeness (QED) is 0.592. The van der Waals surface area contributed by atoms with E-state index in [0.717, 1.165) is 19.2 Å². The minimum Gasteiger partial charge on any atom is -0.545 e. The summed E-state index contributed by atoms with van der Waals surface area (Å²) in [6, 6.07) is 2.11. The molecule has 2 aromatic rings. The molecule has 0 aliphatic heterocycles. The van der Waals surface area contributed by atoms with Crippen molar-refractivity contribution < 1.29 is 27.9 Å². The molecule has 1 heterocycles. The van der Waals surface area contributed by atoms with Crippen LogP contribution in [0.15, 0.2) is 27.8 Å². The molecule has 168 valence electrons. The Morgan fingerprint density at radius 2 is 1.65 bits per heavy atom. The van der Waals surface area contributed by atoms with Crippen molar-refractivity contribution in [3.63, 3.8) is 0 Å². The summed E-state index contributed by atoms with van der Waals surface area (Å²) >= 11 is 12.0. The number of hydrogen-bond acceptors (Lipinski definition) is 5. The maximum Gasteiger partial charge on any atom is 0.431 e. The van der Waals surface area contributed by atoms with Crippen LogP contribution >= 0.6 is 23.2 Å². The van der Waals surface area contributed by atoms with Crippen molar-refractivity contribution in [1.29, 1.82) is 0 Å². The van der Waals surface area contributed by atoms with Crippen molar-refractivity contribution in [2.45, 2.75) is 38.3 Å². The number of aromatic nitrogens is 2. The Morgan fingerprint density at radius 1 is 1.10 bits per heavy atom. The molecule has 0 atom stereocenters. The normalized spacial score (nSPS) is 12.1. The number of rotatable bonds is 6. The van der Waals surface area contributed by atoms with Crippen LogP contribution in [-0.4, -0.2) is 20.3 Å². The Labute approximate surface area is 183 Å². The molecule has 0 radical (unpaired) electrons. The first kappa shape index (κ1) is 24.7. The van der Waals surface area contributed by atoms with Gasteiger partial charge in [0.2, 0.25) is 5.24 Å². The van der Waals surface area contributed by atoms with Crippen LogP contribution in [0.1, 0.15) is 48.3 Å². The molecule has 0 aliphatic carbocycles. The zero-order chi connectivity index (χ0) is 23.9. The molecule has 0 unspecified atom stereocenters. The third-order valence-corrected chi connectivity index (χ3v) is 6.01. The van der Waals surface area contributed by atoms with E-state index in [-0.39, 0.29) is 29.0 Å². The molecule has 0 bridgehead atoms. The summed E-state index contributed by atoms with van der Waals surface area (Å²) in [5.74, 6) is -1.78. The SMILES string of the molecule is CCC(CC)(C(=O)Cl)c1cc(-n2c(=O)cc(C(F)(F)F)n(C)c2=O)cc(C(=O)[O-])c1Cl. The minimum atomic E-state index is -4.97. The molecular weight excluding hydrogens is 464 g/mol. The van der Waals surface area contributed by atoms with E-state index in [1.807, 2.05) is 0 Å². The van der Waals surface area contributed by atoms with Crippen LogP contribution < -0.4 is 16.4 Å². The fourth-order valence-electron chi connectivity index (χ4n) is 3.39. The average molecular weight is 480 g/mol. The lowest BCUT2D eigenvalue weighted by Gasteiger charge is -2.30. The van der Waals surface area contributed by atoms with Gasteiger partial charge in [-0.25, -0.2) is 9.36 Å². The van der Waals surface area contributed by atoms with E-state index >= 15 is 0 Å². The van der Waals surface area contributed by atoms with Gasteiger partial charge in [0.1, 0.15) is 5.69 Å². The number of hydrogen-bond donors (Lipinski definition) is 0. The number of halogens is 5. The Bertz CT molecular complexity index is 1180. The topological polar surface area (TPSA) is 101 Å². The number of carboxylic acid groups (broad SMARTS) is 1. The smallest absolute Gasteiger partial charge is 0.431 e. The van der Waals surface area contributed by atoms with Crippen LogP contribution in [0.25, 0.3) is 5.69 Å². The summed E-state index contributed by atoms with van der Waals surface area (Å²) in [5, 5.41) is 10.4. The first-order valence-corrected chi connectivity index (χ1v) is 9.64. The maximum absolute atomic E-state index is 13.1. The fraction of sp³-hybridized carbons (Fsp3) is 0.368. The molecule has 0 spiro atoms. The van der Waals surface area contributed by atoms with Crippen LogP contribution in [0.4, 0.5) is 13.2 Å². The molecule has 12 heteroatoms. The second-order valence-corrected chi connectivity index (χ2v) is 7.47. The van der Waals surface area contributed by atoms with Crippen LogP contribution in [0.2, 0.25) is 5.02 Å². The average Bonchev–Trinajstić information content (AvgIpc) is 2.66. The summed E-state index contributed by atoms with van der Waals surface area (Å²) in [4.78, 5) is 48.9. The van der Waals surface area contributed by atoms with Crippen molar-refractivity contribution >= 4 is 34.4 Å². The highest BCUT2D eigenvalue weighted by molar-refractivity contribution is 6.65. The Morgan fingerprint density at radius 3 is 2.06 bits per heavy atom. The molecule has 1 aromatic carbocycles. The van der Waals surface area contributed by atoms with Gasteiger partial charge >= 0.3 is 11.9 Å². The summed E-state index contributed by atoms with van der Waals surface area (Å²) in [5.41, 5.74) is -6.85. The highest BCUT2D eigenvalue weighted by Gasteiger charge is 2.39. The highest BCUT2D eigenvalue weighted by Crippen LogP contribution is 2.40. The van der Waals surface area contributed by atoms with Crippen molar-refractivity contribution in [1.82, 2.24) is 9.13 Å². The number of carboxylic acids is 1. The third kappa shape index (κ3) is 4.14. The van der Waals surface area contributed by atoms with Gasteiger partial charge in [-0.3, -0.25) is 14.2 Å². The predicted octanol–water partition coefficient (Wildman–Crippen LogP) is 2.40. The molecular formula is C19H16Cl2F3N2O5-. The number of carbonyl (C=O) groups excluding carboxylic acids is 2. The Kier molecular flexibility index (Phi) is 6.77. The summed E-state index contributed by atoms with van der Waals surface area (Å²) in [6.45, 7) is 3.18. The molecule has 0 fully saturated rings. The predicted molar refractivity (Wildman–Crippen MR) is 105 cm³/mol. The molecule has 0 amide bonds. The van der Waals surface area contributed by atoms with E-state index in [1.54, 1.807) is 13.8 Å². The van der Waals surface area contributed by atoms with Crippen molar-refractivity contribution in [3.05, 3.63) is 60.9 Å². The fourth-order valence-corrected chi connectivity index (χ4v) is 4.12. The lowest BCUT2D eigenvalue weighted by Crippen LogP contribution is -2.41. The molecule has 0 aliphatic rings. The zero-order valence-electron chi connectivity index (χ0n) is 16.5. The van der Waals surface area contributed by atoms with Crippen molar-refractivity contribution in [2.24, 2.45) is 7.05 Å². The van der Waals surface area contributed by atoms with Crippen LogP contribution in [-0.2, 0) is 23.4 Å². The van der Waals surface area contributed by atoms with E-state index < -0.39 is 56.0 Å². The van der Waals surface area contributed by atoms with E-state index in [1.165, 1.54) is 0 Å². The maximum atomic E-state index is 13.1. The Balaban J connectivity index is 3.02. The summed E-state index contributed by atoms with van der Waals surface area (Å²) in [7, 11) is 0.808. The van der Waals surface area contributed by atoms with Gasteiger partial charge in [-0.2, -0.15) is 13.2 Å². The van der Waals surface area contributed by atoms with E-state index in [2.05, 4.69) is 0 Å². The number of carbonyl (C=O) groups is 2. The minimum absolute atomic E-state index is 0.0847. The molecule has 0 N–H and O–H groups in total. The molecule has 2 rings (SSSR count). The molecule has 0 saturated carbocycles. The molecule has 31 heavy (non-hydrogen) atoms. The van der Waals surface area contributed by atoms with Gasteiger partial charge in [-0.15, -0.1) is 0 Å². The van der Waals surface area contributed by atoms with Gasteiger partial charge in [0, 0.05) is 18.7 Å². The van der Waals surface area contributed by atoms with E-state index in [9.17, 15) is 37.5 Å². The highest BCUT2D eigenvalue weighted by atomic mass is 35.5. The lowest BCUT2D eigenvalue weighted by atomic mass is 9.76. The second-order valence-electron chi connectivity index (χ2n) is 6.75. The Hall–Kier alpha value is -2.59. The van der Waals surface area contributed by atoms with Gasteiger partial charge in [-0.05, 0) is 42.1 Å². The summed E-state index contributed by atoms with van der Waals surface area (Å²) < 4.78 is 39.9. The number of nitrogens with zero attached hydrogens (tertiary/aromatic N) is 2. The first-order valence-electron chi connectivity index (χ1n) is 8.88. The summed E-state index contributed by atoms with van der Waals surface area (Å²) in [6.07, 6.45) is -4.80. The molecule has 7 nitrogen and oxygen atoms in total. The van der Waals surface area contributed by atoms with E-state index in [4.69, 9.17) is 23.2 Å². The van der Waals surface area contributed by atoms with Crippen molar-refractivity contribution in [3.8, 4) is 5.69 Å². The standard InChI is InChI=1S/C19H17Cl2F3N2O5/c1-4-18(5-2,16(21)30)11-7-9(6-10(14(11)20)15(28)29)26-13(27)8-12(19(22,23)24)25(3)17(26)31/h6-8H,4-5H2,1-3H3,(H,28,29)/p-1. The lowest BCUT2D eigenvalue weighted by molar-refractivity contribution is -0.255.